The minimum Gasteiger partial charge on any atom is -0.493 e. The summed E-state index contributed by atoms with van der Waals surface area (Å²) < 4.78 is 10.6. The van der Waals surface area contributed by atoms with E-state index in [1.165, 1.54) is 0 Å². The number of benzene rings is 1. The van der Waals surface area contributed by atoms with Crippen molar-refractivity contribution in [3.8, 4) is 22.9 Å². The first-order chi connectivity index (χ1) is 10.3. The molecule has 0 aliphatic carbocycles. The molecule has 1 aromatic carbocycles. The van der Waals surface area contributed by atoms with Gasteiger partial charge < -0.3 is 14.8 Å². The highest BCUT2D eigenvalue weighted by atomic mass is 16.5. The Morgan fingerprint density at radius 2 is 1.86 bits per heavy atom. The van der Waals surface area contributed by atoms with Crippen LogP contribution in [0.2, 0.25) is 0 Å². The molecule has 2 aromatic rings. The lowest BCUT2D eigenvalue weighted by Gasteiger charge is -2.19. The van der Waals surface area contributed by atoms with Crippen molar-refractivity contribution in [2.24, 2.45) is 0 Å². The van der Waals surface area contributed by atoms with Crippen LogP contribution in [0.15, 0.2) is 18.2 Å². The molecule has 0 atom stereocenters. The molecule has 6 heteroatoms. The largest absolute Gasteiger partial charge is 0.493 e. The maximum absolute atomic E-state index is 5.32. The quantitative estimate of drug-likeness (QED) is 0.899. The fourth-order valence-corrected chi connectivity index (χ4v) is 2.66. The summed E-state index contributed by atoms with van der Waals surface area (Å²) >= 11 is 0. The lowest BCUT2D eigenvalue weighted by Crippen LogP contribution is -2.27. The van der Waals surface area contributed by atoms with Crippen LogP contribution in [0, 0.1) is 0 Å². The zero-order chi connectivity index (χ0) is 14.7. The minimum absolute atomic E-state index is 0.465. The Morgan fingerprint density at radius 3 is 2.57 bits per heavy atom. The van der Waals surface area contributed by atoms with Gasteiger partial charge in [0, 0.05) is 11.5 Å². The van der Waals surface area contributed by atoms with E-state index in [-0.39, 0.29) is 0 Å². The van der Waals surface area contributed by atoms with Gasteiger partial charge in [0.25, 0.3) is 0 Å². The SMILES string of the molecule is COc1ccc(-c2n[nH]c(C3CCNCC3)n2)cc1OC. The molecule has 1 aliphatic rings. The predicted octanol–water partition coefficient (Wildman–Crippen LogP) is 1.96. The number of methoxy groups -OCH3 is 2. The highest BCUT2D eigenvalue weighted by molar-refractivity contribution is 5.60. The van der Waals surface area contributed by atoms with E-state index in [0.29, 0.717) is 23.2 Å². The number of ether oxygens (including phenoxy) is 2. The molecule has 112 valence electrons. The second-order valence-electron chi connectivity index (χ2n) is 5.14. The van der Waals surface area contributed by atoms with Crippen molar-refractivity contribution in [3.63, 3.8) is 0 Å². The average Bonchev–Trinajstić information content (AvgIpc) is 3.05. The summed E-state index contributed by atoms with van der Waals surface area (Å²) in [7, 11) is 3.25. The Bertz CT molecular complexity index is 605. The first kappa shape index (κ1) is 13.9. The van der Waals surface area contributed by atoms with Gasteiger partial charge in [0.2, 0.25) is 0 Å². The maximum Gasteiger partial charge on any atom is 0.181 e. The van der Waals surface area contributed by atoms with Gasteiger partial charge in [-0.2, -0.15) is 5.10 Å². The third-order valence-corrected chi connectivity index (χ3v) is 3.87. The second-order valence-corrected chi connectivity index (χ2v) is 5.14. The van der Waals surface area contributed by atoms with Gasteiger partial charge in [0.15, 0.2) is 17.3 Å². The molecule has 0 spiro atoms. The first-order valence-corrected chi connectivity index (χ1v) is 7.17. The maximum atomic E-state index is 5.32. The molecule has 1 fully saturated rings. The number of hydrogen-bond acceptors (Lipinski definition) is 5. The summed E-state index contributed by atoms with van der Waals surface area (Å²) in [5.74, 6) is 3.52. The molecule has 1 aromatic heterocycles. The number of hydrogen-bond donors (Lipinski definition) is 2. The number of rotatable bonds is 4. The summed E-state index contributed by atoms with van der Waals surface area (Å²) in [6.45, 7) is 2.08. The smallest absolute Gasteiger partial charge is 0.181 e. The van der Waals surface area contributed by atoms with E-state index in [1.54, 1.807) is 14.2 Å². The van der Waals surface area contributed by atoms with Gasteiger partial charge in [-0.15, -0.1) is 0 Å². The number of piperidine rings is 1. The zero-order valence-electron chi connectivity index (χ0n) is 12.3. The van der Waals surface area contributed by atoms with Crippen LogP contribution in [0.25, 0.3) is 11.4 Å². The number of aromatic amines is 1. The summed E-state index contributed by atoms with van der Waals surface area (Å²) in [5.41, 5.74) is 0.920. The Hall–Kier alpha value is -2.08. The third-order valence-electron chi connectivity index (χ3n) is 3.87. The predicted molar refractivity (Wildman–Crippen MR) is 79.8 cm³/mol. The van der Waals surface area contributed by atoms with Crippen LogP contribution in [-0.4, -0.2) is 42.5 Å². The molecule has 2 heterocycles. The van der Waals surface area contributed by atoms with Crippen molar-refractivity contribution in [3.05, 3.63) is 24.0 Å². The topological polar surface area (TPSA) is 72.1 Å². The molecular weight excluding hydrogens is 268 g/mol. The number of H-pyrrole nitrogens is 1. The molecule has 6 nitrogen and oxygen atoms in total. The Morgan fingerprint density at radius 1 is 1.10 bits per heavy atom. The van der Waals surface area contributed by atoms with Gasteiger partial charge in [-0.1, -0.05) is 0 Å². The molecule has 2 N–H and O–H groups in total. The fourth-order valence-electron chi connectivity index (χ4n) is 2.66. The van der Waals surface area contributed by atoms with Gasteiger partial charge in [0.1, 0.15) is 5.82 Å². The summed E-state index contributed by atoms with van der Waals surface area (Å²) in [5, 5.41) is 10.8. The lowest BCUT2D eigenvalue weighted by molar-refractivity contribution is 0.355. The van der Waals surface area contributed by atoms with Gasteiger partial charge in [-0.3, -0.25) is 5.10 Å². The summed E-state index contributed by atoms with van der Waals surface area (Å²) in [4.78, 5) is 4.64. The summed E-state index contributed by atoms with van der Waals surface area (Å²) in [6, 6.07) is 5.71. The van der Waals surface area contributed by atoms with Crippen LogP contribution < -0.4 is 14.8 Å². The van der Waals surface area contributed by atoms with Crippen molar-refractivity contribution in [1.82, 2.24) is 20.5 Å². The molecule has 0 radical (unpaired) electrons. The third kappa shape index (κ3) is 2.85. The van der Waals surface area contributed by atoms with Gasteiger partial charge >= 0.3 is 0 Å². The number of aromatic nitrogens is 3. The highest BCUT2D eigenvalue weighted by Gasteiger charge is 2.19. The fraction of sp³-hybridized carbons (Fsp3) is 0.467. The van der Waals surface area contributed by atoms with E-state index < -0.39 is 0 Å². The zero-order valence-corrected chi connectivity index (χ0v) is 12.3. The molecule has 0 amide bonds. The van der Waals surface area contributed by atoms with Crippen LogP contribution >= 0.6 is 0 Å². The van der Waals surface area contributed by atoms with Crippen LogP contribution in [0.5, 0.6) is 11.5 Å². The second kappa shape index (κ2) is 6.13. The van der Waals surface area contributed by atoms with E-state index >= 15 is 0 Å². The van der Waals surface area contributed by atoms with Crippen molar-refractivity contribution in [2.45, 2.75) is 18.8 Å². The molecule has 0 saturated carbocycles. The molecule has 21 heavy (non-hydrogen) atoms. The minimum atomic E-state index is 0.465. The molecule has 1 aliphatic heterocycles. The van der Waals surface area contributed by atoms with Crippen molar-refractivity contribution >= 4 is 0 Å². The normalized spacial score (nSPS) is 15.9. The molecule has 0 bridgehead atoms. The van der Waals surface area contributed by atoms with E-state index in [2.05, 4.69) is 20.5 Å². The molecule has 3 rings (SSSR count). The van der Waals surface area contributed by atoms with Crippen LogP contribution in [0.4, 0.5) is 0 Å². The van der Waals surface area contributed by atoms with Gasteiger partial charge in [-0.05, 0) is 44.1 Å². The molecule has 0 unspecified atom stereocenters. The standard InChI is InChI=1S/C15H20N4O2/c1-20-12-4-3-11(9-13(12)21-2)15-17-14(18-19-15)10-5-7-16-8-6-10/h3-4,9-10,16H,5-8H2,1-2H3,(H,17,18,19). The summed E-state index contributed by atoms with van der Waals surface area (Å²) in [6.07, 6.45) is 2.20. The lowest BCUT2D eigenvalue weighted by atomic mass is 9.98. The van der Waals surface area contributed by atoms with E-state index in [9.17, 15) is 0 Å². The van der Waals surface area contributed by atoms with Crippen LogP contribution in [0.1, 0.15) is 24.6 Å². The van der Waals surface area contributed by atoms with Crippen molar-refractivity contribution in [1.29, 1.82) is 0 Å². The van der Waals surface area contributed by atoms with Crippen molar-refractivity contribution in [2.75, 3.05) is 27.3 Å². The van der Waals surface area contributed by atoms with E-state index in [1.807, 2.05) is 18.2 Å². The van der Waals surface area contributed by atoms with Crippen LogP contribution in [0.3, 0.4) is 0 Å². The molecular formula is C15H20N4O2. The van der Waals surface area contributed by atoms with Gasteiger partial charge in [-0.25, -0.2) is 4.98 Å². The number of nitrogens with zero attached hydrogens (tertiary/aromatic N) is 2. The molecule has 1 saturated heterocycles. The number of nitrogens with one attached hydrogen (secondary N) is 2. The Labute approximate surface area is 123 Å². The Kier molecular flexibility index (Phi) is 4.06. The van der Waals surface area contributed by atoms with Crippen molar-refractivity contribution < 1.29 is 9.47 Å². The highest BCUT2D eigenvalue weighted by Crippen LogP contribution is 2.31. The average molecular weight is 288 g/mol. The monoisotopic (exact) mass is 288 g/mol. The van der Waals surface area contributed by atoms with Crippen LogP contribution in [-0.2, 0) is 0 Å². The Balaban J connectivity index is 1.85. The van der Waals surface area contributed by atoms with E-state index in [4.69, 9.17) is 9.47 Å². The first-order valence-electron chi connectivity index (χ1n) is 7.17. The van der Waals surface area contributed by atoms with E-state index in [0.717, 1.165) is 37.3 Å². The van der Waals surface area contributed by atoms with Gasteiger partial charge in [0.05, 0.1) is 14.2 Å².